The van der Waals surface area contributed by atoms with E-state index in [1.807, 2.05) is 27.7 Å². The first-order chi connectivity index (χ1) is 11.2. The maximum absolute atomic E-state index is 3.44. The van der Waals surface area contributed by atoms with E-state index >= 15 is 0 Å². The lowest BCUT2D eigenvalue weighted by Crippen LogP contribution is -2.36. The average Bonchev–Trinajstić information content (AvgIpc) is 2.59. The van der Waals surface area contributed by atoms with Gasteiger partial charge in [-0.3, -0.25) is 0 Å². The maximum Gasteiger partial charge on any atom is 0.0169 e. The summed E-state index contributed by atoms with van der Waals surface area (Å²) in [7, 11) is 0. The van der Waals surface area contributed by atoms with E-state index in [9.17, 15) is 0 Å². The largest absolute Gasteiger partial charge is 0.316 e. The van der Waals surface area contributed by atoms with Gasteiger partial charge in [0.05, 0.1) is 0 Å². The molecule has 1 atom stereocenters. The van der Waals surface area contributed by atoms with Crippen LogP contribution in [-0.4, -0.2) is 26.2 Å². The zero-order chi connectivity index (χ0) is 19.2. The first kappa shape index (κ1) is 25.9. The molecule has 1 unspecified atom stereocenters. The molecule has 0 amide bonds. The predicted molar refractivity (Wildman–Crippen MR) is 113 cm³/mol. The monoisotopic (exact) mass is 340 g/mol. The fraction of sp³-hybridized carbons (Fsp3) is 0.909. The fourth-order valence-electron chi connectivity index (χ4n) is 2.81. The maximum atomic E-state index is 3.44. The van der Waals surface area contributed by atoms with E-state index in [0.29, 0.717) is 10.8 Å². The lowest BCUT2D eigenvalue weighted by atomic mass is 9.77. The van der Waals surface area contributed by atoms with E-state index in [1.54, 1.807) is 5.57 Å². The molecule has 2 N–H and O–H groups in total. The van der Waals surface area contributed by atoms with Crippen LogP contribution in [0.2, 0.25) is 0 Å². The van der Waals surface area contributed by atoms with Gasteiger partial charge >= 0.3 is 0 Å². The van der Waals surface area contributed by atoms with Crippen molar-refractivity contribution in [2.24, 2.45) is 16.7 Å². The van der Waals surface area contributed by atoms with Crippen molar-refractivity contribution in [3.05, 3.63) is 11.6 Å². The molecule has 2 nitrogen and oxygen atoms in total. The normalized spacial score (nSPS) is 20.9. The van der Waals surface area contributed by atoms with Crippen molar-refractivity contribution in [3.8, 4) is 0 Å². The molecule has 0 aromatic heterocycles. The van der Waals surface area contributed by atoms with Crippen molar-refractivity contribution in [3.63, 3.8) is 0 Å². The molecule has 2 heteroatoms. The van der Waals surface area contributed by atoms with Crippen LogP contribution in [0.1, 0.15) is 88.5 Å². The molecule has 0 saturated carbocycles. The molecule has 0 aliphatic carbocycles. The Kier molecular flexibility index (Phi) is 15.0. The van der Waals surface area contributed by atoms with Gasteiger partial charge in [-0.15, -0.1) is 0 Å². The van der Waals surface area contributed by atoms with Gasteiger partial charge < -0.3 is 10.6 Å². The highest BCUT2D eigenvalue weighted by molar-refractivity contribution is 5.14. The third kappa shape index (κ3) is 12.1. The predicted octanol–water partition coefficient (Wildman–Crippen LogP) is 6.04. The van der Waals surface area contributed by atoms with Crippen LogP contribution in [0.25, 0.3) is 0 Å². The van der Waals surface area contributed by atoms with E-state index in [2.05, 4.69) is 58.3 Å². The van der Waals surface area contributed by atoms with Crippen molar-refractivity contribution in [1.29, 1.82) is 0 Å². The van der Waals surface area contributed by atoms with Gasteiger partial charge in [0.25, 0.3) is 0 Å². The number of nitrogens with one attached hydrogen (secondary N) is 2. The molecule has 146 valence electrons. The Bertz CT molecular complexity index is 299. The lowest BCUT2D eigenvalue weighted by molar-refractivity contribution is 0.193. The SMILES string of the molecule is CC.CC.CC(C)(C)C1=CCCNC1.CC(C)(C)C1CCCNC1. The molecule has 1 saturated heterocycles. The van der Waals surface area contributed by atoms with Crippen LogP contribution < -0.4 is 10.6 Å². The van der Waals surface area contributed by atoms with Crippen molar-refractivity contribution >= 4 is 0 Å². The Morgan fingerprint density at radius 3 is 1.71 bits per heavy atom. The third-order valence-corrected chi connectivity index (χ3v) is 4.51. The summed E-state index contributed by atoms with van der Waals surface area (Å²) in [6, 6.07) is 0. The minimum Gasteiger partial charge on any atom is -0.316 e. The van der Waals surface area contributed by atoms with Gasteiger partial charge in [0.1, 0.15) is 0 Å². The fourth-order valence-corrected chi connectivity index (χ4v) is 2.81. The standard InChI is InChI=1S/C9H19N.C9H17N.2C2H6/c2*1-9(2,3)8-5-4-6-10-7-8;2*1-2/h8,10H,4-7H2,1-3H3;5,10H,4,6-7H2,1-3H3;2*1-2H3. The van der Waals surface area contributed by atoms with Crippen LogP contribution in [0.3, 0.4) is 0 Å². The van der Waals surface area contributed by atoms with Crippen LogP contribution >= 0.6 is 0 Å². The van der Waals surface area contributed by atoms with E-state index in [-0.39, 0.29) is 0 Å². The molecular weight excluding hydrogens is 292 g/mol. The van der Waals surface area contributed by atoms with Gasteiger partial charge in [0.2, 0.25) is 0 Å². The minimum atomic E-state index is 0.368. The Morgan fingerprint density at radius 1 is 0.875 bits per heavy atom. The van der Waals surface area contributed by atoms with Crippen molar-refractivity contribution in [1.82, 2.24) is 10.6 Å². The Morgan fingerprint density at radius 2 is 1.46 bits per heavy atom. The molecular formula is C22H48N2. The van der Waals surface area contributed by atoms with Gasteiger partial charge in [-0.2, -0.15) is 0 Å². The van der Waals surface area contributed by atoms with Crippen LogP contribution in [-0.2, 0) is 0 Å². The van der Waals surface area contributed by atoms with Gasteiger partial charge in [0, 0.05) is 6.54 Å². The number of hydrogen-bond acceptors (Lipinski definition) is 2. The second-order valence-corrected chi connectivity index (χ2v) is 8.35. The van der Waals surface area contributed by atoms with Crippen molar-refractivity contribution in [2.75, 3.05) is 26.2 Å². The summed E-state index contributed by atoms with van der Waals surface area (Å²) < 4.78 is 0. The molecule has 2 aliphatic rings. The lowest BCUT2D eigenvalue weighted by Gasteiger charge is -2.34. The van der Waals surface area contributed by atoms with E-state index in [4.69, 9.17) is 0 Å². The summed E-state index contributed by atoms with van der Waals surface area (Å²) in [6.45, 7) is 26.5. The highest BCUT2D eigenvalue weighted by Crippen LogP contribution is 2.30. The molecule has 2 heterocycles. The Labute approximate surface area is 154 Å². The van der Waals surface area contributed by atoms with Gasteiger partial charge in [-0.05, 0) is 55.6 Å². The first-order valence-electron chi connectivity index (χ1n) is 10.3. The summed E-state index contributed by atoms with van der Waals surface area (Å²) in [5.74, 6) is 0.890. The molecule has 24 heavy (non-hydrogen) atoms. The van der Waals surface area contributed by atoms with Gasteiger partial charge in [-0.1, -0.05) is 80.9 Å². The highest BCUT2D eigenvalue weighted by atomic mass is 14.9. The molecule has 2 rings (SSSR count). The first-order valence-corrected chi connectivity index (χ1v) is 10.3. The summed E-state index contributed by atoms with van der Waals surface area (Å²) in [4.78, 5) is 0. The van der Waals surface area contributed by atoms with E-state index < -0.39 is 0 Å². The minimum absolute atomic E-state index is 0.368. The number of rotatable bonds is 0. The summed E-state index contributed by atoms with van der Waals surface area (Å²) >= 11 is 0. The number of hydrogen-bond donors (Lipinski definition) is 2. The van der Waals surface area contributed by atoms with Crippen LogP contribution in [0, 0.1) is 16.7 Å². The zero-order valence-electron chi connectivity index (χ0n) is 18.6. The molecule has 0 radical (unpaired) electrons. The highest BCUT2D eigenvalue weighted by Gasteiger charge is 2.25. The third-order valence-electron chi connectivity index (χ3n) is 4.51. The van der Waals surface area contributed by atoms with Gasteiger partial charge in [0.15, 0.2) is 0 Å². The van der Waals surface area contributed by atoms with E-state index in [1.165, 1.54) is 32.4 Å². The quantitative estimate of drug-likeness (QED) is 0.525. The Balaban J connectivity index is 0. The van der Waals surface area contributed by atoms with Crippen LogP contribution in [0.4, 0.5) is 0 Å². The summed E-state index contributed by atoms with van der Waals surface area (Å²) in [6.07, 6.45) is 6.35. The second kappa shape index (κ2) is 13.9. The molecule has 2 aliphatic heterocycles. The summed E-state index contributed by atoms with van der Waals surface area (Å²) in [5, 5.41) is 6.81. The van der Waals surface area contributed by atoms with Gasteiger partial charge in [-0.25, -0.2) is 0 Å². The van der Waals surface area contributed by atoms with Crippen molar-refractivity contribution < 1.29 is 0 Å². The molecule has 1 fully saturated rings. The zero-order valence-corrected chi connectivity index (χ0v) is 18.6. The topological polar surface area (TPSA) is 24.1 Å². The van der Waals surface area contributed by atoms with E-state index in [0.717, 1.165) is 19.0 Å². The second-order valence-electron chi connectivity index (χ2n) is 8.35. The average molecular weight is 341 g/mol. The van der Waals surface area contributed by atoms with Crippen LogP contribution in [0.15, 0.2) is 11.6 Å². The molecule has 0 bridgehead atoms. The molecule has 0 aromatic carbocycles. The summed E-state index contributed by atoms with van der Waals surface area (Å²) in [5.41, 5.74) is 2.43. The Hall–Kier alpha value is -0.340. The van der Waals surface area contributed by atoms with Crippen LogP contribution in [0.5, 0.6) is 0 Å². The number of piperidine rings is 1. The van der Waals surface area contributed by atoms with Crippen molar-refractivity contribution in [2.45, 2.75) is 88.5 Å². The molecule has 0 spiro atoms. The smallest absolute Gasteiger partial charge is 0.0169 e. The molecule has 0 aromatic rings.